The maximum Gasteiger partial charge on any atom is 0.333 e. The Kier molecular flexibility index (Phi) is 3.00. The predicted octanol–water partition coefficient (Wildman–Crippen LogP) is 2.26. The van der Waals surface area contributed by atoms with Crippen molar-refractivity contribution in [2.24, 2.45) is 5.73 Å². The summed E-state index contributed by atoms with van der Waals surface area (Å²) >= 11 is 0. The molecule has 3 nitrogen and oxygen atoms in total. The van der Waals surface area contributed by atoms with Crippen molar-refractivity contribution in [3.05, 3.63) is 18.0 Å². The van der Waals surface area contributed by atoms with Gasteiger partial charge in [-0.05, 0) is 37.2 Å². The van der Waals surface area contributed by atoms with Crippen LogP contribution < -0.4 is 5.73 Å². The van der Waals surface area contributed by atoms with Gasteiger partial charge in [0.15, 0.2) is 0 Å². The van der Waals surface area contributed by atoms with Gasteiger partial charge in [0.05, 0.1) is 6.20 Å². The minimum absolute atomic E-state index is 0.284. The highest BCUT2D eigenvalue weighted by atomic mass is 19.3. The van der Waals surface area contributed by atoms with Crippen LogP contribution in [0, 0.1) is 0 Å². The van der Waals surface area contributed by atoms with Gasteiger partial charge < -0.3 is 5.73 Å². The first-order chi connectivity index (χ1) is 7.16. The molecule has 1 saturated carbocycles. The first kappa shape index (κ1) is 10.5. The number of nitrogens with zero attached hydrogens (tertiary/aromatic N) is 2. The molecule has 0 unspecified atom stereocenters. The van der Waals surface area contributed by atoms with Crippen molar-refractivity contribution in [1.29, 1.82) is 0 Å². The summed E-state index contributed by atoms with van der Waals surface area (Å²) in [6, 6.07) is 0.284. The van der Waals surface area contributed by atoms with Crippen LogP contribution in [0.5, 0.6) is 0 Å². The molecule has 1 fully saturated rings. The topological polar surface area (TPSA) is 43.8 Å². The fourth-order valence-corrected chi connectivity index (χ4v) is 2.12. The molecule has 0 bridgehead atoms. The Morgan fingerprint density at radius 3 is 2.53 bits per heavy atom. The first-order valence-corrected chi connectivity index (χ1v) is 5.24. The van der Waals surface area contributed by atoms with Crippen LogP contribution in [0.3, 0.4) is 0 Å². The molecule has 1 heterocycles. The van der Waals surface area contributed by atoms with E-state index in [1.807, 2.05) is 0 Å². The average Bonchev–Trinajstić information content (AvgIpc) is 2.68. The van der Waals surface area contributed by atoms with Crippen molar-refractivity contribution in [2.45, 2.75) is 44.2 Å². The zero-order valence-corrected chi connectivity index (χ0v) is 8.44. The first-order valence-electron chi connectivity index (χ1n) is 5.24. The van der Waals surface area contributed by atoms with E-state index in [1.165, 1.54) is 6.20 Å². The van der Waals surface area contributed by atoms with Crippen LogP contribution in [0.25, 0.3) is 0 Å². The average molecular weight is 215 g/mol. The van der Waals surface area contributed by atoms with E-state index < -0.39 is 6.55 Å². The SMILES string of the molecule is NC1CCC(c2cnn(C(F)F)c2)CC1. The lowest BCUT2D eigenvalue weighted by molar-refractivity contribution is 0.0565. The molecule has 0 spiro atoms. The van der Waals surface area contributed by atoms with E-state index in [-0.39, 0.29) is 6.04 Å². The number of halogens is 2. The molecular weight excluding hydrogens is 200 g/mol. The molecule has 5 heteroatoms. The number of rotatable bonds is 2. The van der Waals surface area contributed by atoms with Crippen LogP contribution in [-0.2, 0) is 0 Å². The van der Waals surface area contributed by atoms with Gasteiger partial charge >= 0.3 is 6.55 Å². The molecule has 1 aliphatic carbocycles. The lowest BCUT2D eigenvalue weighted by Crippen LogP contribution is -2.25. The summed E-state index contributed by atoms with van der Waals surface area (Å²) < 4.78 is 25.3. The number of alkyl halides is 2. The number of aromatic nitrogens is 2. The Bertz CT molecular complexity index is 316. The summed E-state index contributed by atoms with van der Waals surface area (Å²) in [7, 11) is 0. The quantitative estimate of drug-likeness (QED) is 0.822. The van der Waals surface area contributed by atoms with Crippen LogP contribution >= 0.6 is 0 Å². The van der Waals surface area contributed by atoms with Gasteiger partial charge in [-0.15, -0.1) is 0 Å². The normalized spacial score (nSPS) is 27.2. The van der Waals surface area contributed by atoms with E-state index in [0.717, 1.165) is 31.2 Å². The minimum atomic E-state index is -2.54. The van der Waals surface area contributed by atoms with E-state index in [4.69, 9.17) is 5.73 Å². The largest absolute Gasteiger partial charge is 0.333 e. The predicted molar refractivity (Wildman–Crippen MR) is 52.7 cm³/mol. The standard InChI is InChI=1S/C10H15F2N3/c11-10(12)15-6-8(5-14-15)7-1-3-9(13)4-2-7/h5-7,9-10H,1-4,13H2. The van der Waals surface area contributed by atoms with Gasteiger partial charge in [0.2, 0.25) is 0 Å². The summed E-state index contributed by atoms with van der Waals surface area (Å²) in [6.45, 7) is -2.54. The van der Waals surface area contributed by atoms with Crippen LogP contribution in [0.4, 0.5) is 8.78 Å². The van der Waals surface area contributed by atoms with Crippen LogP contribution in [0.2, 0.25) is 0 Å². The molecule has 84 valence electrons. The number of hydrogen-bond acceptors (Lipinski definition) is 2. The van der Waals surface area contributed by atoms with Gasteiger partial charge in [0, 0.05) is 12.2 Å². The van der Waals surface area contributed by atoms with Crippen LogP contribution in [0.1, 0.15) is 43.7 Å². The highest BCUT2D eigenvalue weighted by Crippen LogP contribution is 2.32. The van der Waals surface area contributed by atoms with Gasteiger partial charge in [-0.1, -0.05) is 0 Å². The second-order valence-corrected chi connectivity index (χ2v) is 4.14. The van der Waals surface area contributed by atoms with E-state index in [9.17, 15) is 8.78 Å². The minimum Gasteiger partial charge on any atom is -0.328 e. The molecule has 15 heavy (non-hydrogen) atoms. The molecule has 0 aromatic carbocycles. The molecule has 0 saturated heterocycles. The maximum absolute atomic E-state index is 12.3. The zero-order valence-electron chi connectivity index (χ0n) is 8.44. The Hall–Kier alpha value is -0.970. The molecule has 0 atom stereocenters. The van der Waals surface area contributed by atoms with Crippen molar-refractivity contribution >= 4 is 0 Å². The van der Waals surface area contributed by atoms with E-state index >= 15 is 0 Å². The Labute approximate surface area is 87.3 Å². The van der Waals surface area contributed by atoms with E-state index in [2.05, 4.69) is 5.10 Å². The fraction of sp³-hybridized carbons (Fsp3) is 0.700. The molecular formula is C10H15F2N3. The summed E-state index contributed by atoms with van der Waals surface area (Å²) in [5, 5.41) is 3.65. The second kappa shape index (κ2) is 4.26. The number of hydrogen-bond donors (Lipinski definition) is 1. The van der Waals surface area contributed by atoms with E-state index in [0.29, 0.717) is 10.6 Å². The number of nitrogens with two attached hydrogens (primary N) is 1. The van der Waals surface area contributed by atoms with Crippen molar-refractivity contribution in [2.75, 3.05) is 0 Å². The molecule has 0 radical (unpaired) electrons. The van der Waals surface area contributed by atoms with Gasteiger partial charge in [-0.25, -0.2) is 4.68 Å². The zero-order chi connectivity index (χ0) is 10.8. The van der Waals surface area contributed by atoms with Crippen molar-refractivity contribution < 1.29 is 8.78 Å². The molecule has 1 aliphatic rings. The highest BCUT2D eigenvalue weighted by Gasteiger charge is 2.21. The third kappa shape index (κ3) is 2.34. The van der Waals surface area contributed by atoms with Crippen molar-refractivity contribution in [3.8, 4) is 0 Å². The molecule has 2 rings (SSSR count). The summed E-state index contributed by atoms with van der Waals surface area (Å²) in [4.78, 5) is 0. The highest BCUT2D eigenvalue weighted by molar-refractivity contribution is 5.12. The molecule has 0 amide bonds. The van der Waals surface area contributed by atoms with Gasteiger partial charge in [-0.2, -0.15) is 13.9 Å². The van der Waals surface area contributed by atoms with Crippen LogP contribution in [-0.4, -0.2) is 15.8 Å². The molecule has 2 N–H and O–H groups in total. The molecule has 1 aromatic heterocycles. The third-order valence-corrected chi connectivity index (χ3v) is 3.06. The third-order valence-electron chi connectivity index (χ3n) is 3.06. The monoisotopic (exact) mass is 215 g/mol. The van der Waals surface area contributed by atoms with Gasteiger partial charge in [0.25, 0.3) is 0 Å². The molecule has 1 aromatic rings. The van der Waals surface area contributed by atoms with E-state index in [1.54, 1.807) is 6.20 Å². The van der Waals surface area contributed by atoms with Crippen LogP contribution in [0.15, 0.2) is 12.4 Å². The maximum atomic E-state index is 12.3. The summed E-state index contributed by atoms with van der Waals surface area (Å²) in [6.07, 6.45) is 6.92. The summed E-state index contributed by atoms with van der Waals surface area (Å²) in [5.74, 6) is 0.359. The Morgan fingerprint density at radius 1 is 1.33 bits per heavy atom. The Morgan fingerprint density at radius 2 is 2.00 bits per heavy atom. The van der Waals surface area contributed by atoms with Gasteiger partial charge in [0.1, 0.15) is 0 Å². The fourth-order valence-electron chi connectivity index (χ4n) is 2.12. The molecule has 0 aliphatic heterocycles. The smallest absolute Gasteiger partial charge is 0.328 e. The Balaban J connectivity index is 2.03. The summed E-state index contributed by atoms with van der Waals surface area (Å²) in [5.41, 5.74) is 6.71. The van der Waals surface area contributed by atoms with Gasteiger partial charge in [-0.3, -0.25) is 0 Å². The lowest BCUT2D eigenvalue weighted by Gasteiger charge is -2.25. The second-order valence-electron chi connectivity index (χ2n) is 4.14. The van der Waals surface area contributed by atoms with Crippen molar-refractivity contribution in [3.63, 3.8) is 0 Å². The van der Waals surface area contributed by atoms with Crippen molar-refractivity contribution in [1.82, 2.24) is 9.78 Å². The lowest BCUT2D eigenvalue weighted by atomic mass is 9.83.